The van der Waals surface area contributed by atoms with Gasteiger partial charge < -0.3 is 0 Å². The SMILES string of the molecule is CCC(C(=O)Cc1c(C)cccc1C)N1CCCC1. The molecular formula is C17H25NO. The quantitative estimate of drug-likeness (QED) is 0.808. The molecule has 1 heterocycles. The Morgan fingerprint density at radius 3 is 2.32 bits per heavy atom. The highest BCUT2D eigenvalue weighted by Gasteiger charge is 2.26. The fourth-order valence-electron chi connectivity index (χ4n) is 3.16. The molecule has 1 fully saturated rings. The number of ketones is 1. The van der Waals surface area contributed by atoms with Crippen molar-refractivity contribution < 1.29 is 4.79 Å². The summed E-state index contributed by atoms with van der Waals surface area (Å²) in [7, 11) is 0. The highest BCUT2D eigenvalue weighted by molar-refractivity contribution is 5.86. The van der Waals surface area contributed by atoms with Crippen molar-refractivity contribution in [1.29, 1.82) is 0 Å². The number of hydrogen-bond donors (Lipinski definition) is 0. The van der Waals surface area contributed by atoms with E-state index in [2.05, 4.69) is 43.9 Å². The number of rotatable bonds is 5. The highest BCUT2D eigenvalue weighted by Crippen LogP contribution is 2.19. The van der Waals surface area contributed by atoms with Crippen molar-refractivity contribution in [2.75, 3.05) is 13.1 Å². The van der Waals surface area contributed by atoms with Crippen LogP contribution in [0.15, 0.2) is 18.2 Å². The molecule has 0 radical (unpaired) electrons. The van der Waals surface area contributed by atoms with Gasteiger partial charge in [-0.1, -0.05) is 25.1 Å². The number of nitrogens with zero attached hydrogens (tertiary/aromatic N) is 1. The highest BCUT2D eigenvalue weighted by atomic mass is 16.1. The molecule has 1 aliphatic heterocycles. The molecule has 0 aromatic heterocycles. The van der Waals surface area contributed by atoms with Crippen molar-refractivity contribution in [2.24, 2.45) is 0 Å². The predicted molar refractivity (Wildman–Crippen MR) is 79.5 cm³/mol. The largest absolute Gasteiger partial charge is 0.298 e. The van der Waals surface area contributed by atoms with Crippen LogP contribution in [0.4, 0.5) is 0 Å². The molecule has 2 heteroatoms. The number of hydrogen-bond acceptors (Lipinski definition) is 2. The molecule has 0 spiro atoms. The van der Waals surface area contributed by atoms with Crippen molar-refractivity contribution in [3.63, 3.8) is 0 Å². The van der Waals surface area contributed by atoms with Gasteiger partial charge in [-0.05, 0) is 62.9 Å². The van der Waals surface area contributed by atoms with E-state index in [1.807, 2.05) is 0 Å². The van der Waals surface area contributed by atoms with Gasteiger partial charge in [0.1, 0.15) is 0 Å². The fraction of sp³-hybridized carbons (Fsp3) is 0.588. The summed E-state index contributed by atoms with van der Waals surface area (Å²) in [5, 5.41) is 0. The third-order valence-corrected chi connectivity index (χ3v) is 4.34. The first-order valence-electron chi connectivity index (χ1n) is 7.45. The number of likely N-dealkylation sites (tertiary alicyclic amines) is 1. The van der Waals surface area contributed by atoms with Crippen LogP contribution in [0.5, 0.6) is 0 Å². The average Bonchev–Trinajstić information content (AvgIpc) is 2.89. The van der Waals surface area contributed by atoms with Gasteiger partial charge in [0, 0.05) is 6.42 Å². The van der Waals surface area contributed by atoms with E-state index in [0.29, 0.717) is 12.2 Å². The average molecular weight is 259 g/mol. The van der Waals surface area contributed by atoms with Gasteiger partial charge in [-0.25, -0.2) is 0 Å². The number of aryl methyl sites for hydroxylation is 2. The van der Waals surface area contributed by atoms with Gasteiger partial charge in [-0.3, -0.25) is 9.69 Å². The van der Waals surface area contributed by atoms with Gasteiger partial charge in [0.15, 0.2) is 5.78 Å². The summed E-state index contributed by atoms with van der Waals surface area (Å²) in [4.78, 5) is 15.0. The fourth-order valence-corrected chi connectivity index (χ4v) is 3.16. The number of benzene rings is 1. The summed E-state index contributed by atoms with van der Waals surface area (Å²) in [5.74, 6) is 0.391. The van der Waals surface area contributed by atoms with E-state index in [0.717, 1.165) is 19.5 Å². The smallest absolute Gasteiger partial charge is 0.154 e. The van der Waals surface area contributed by atoms with Crippen LogP contribution in [0.25, 0.3) is 0 Å². The van der Waals surface area contributed by atoms with Crippen LogP contribution in [-0.2, 0) is 11.2 Å². The molecule has 0 aliphatic carbocycles. The second-order valence-corrected chi connectivity index (χ2v) is 5.68. The van der Waals surface area contributed by atoms with E-state index >= 15 is 0 Å². The summed E-state index contributed by atoms with van der Waals surface area (Å²) >= 11 is 0. The Balaban J connectivity index is 2.10. The molecule has 2 rings (SSSR count). The van der Waals surface area contributed by atoms with Crippen LogP contribution in [0.1, 0.15) is 42.9 Å². The van der Waals surface area contributed by atoms with E-state index < -0.39 is 0 Å². The molecule has 0 bridgehead atoms. The second kappa shape index (κ2) is 6.33. The van der Waals surface area contributed by atoms with Crippen molar-refractivity contribution >= 4 is 5.78 Å². The molecule has 1 saturated heterocycles. The van der Waals surface area contributed by atoms with Crippen LogP contribution < -0.4 is 0 Å². The van der Waals surface area contributed by atoms with Gasteiger partial charge in [0.25, 0.3) is 0 Å². The summed E-state index contributed by atoms with van der Waals surface area (Å²) in [6.07, 6.45) is 4.01. The minimum atomic E-state index is 0.126. The van der Waals surface area contributed by atoms with E-state index in [4.69, 9.17) is 0 Å². The molecule has 0 saturated carbocycles. The van der Waals surface area contributed by atoms with Crippen molar-refractivity contribution in [3.8, 4) is 0 Å². The van der Waals surface area contributed by atoms with Crippen LogP contribution in [0.3, 0.4) is 0 Å². The number of Topliss-reactive ketones (excluding diaryl/α,β-unsaturated/α-hetero) is 1. The molecule has 0 amide bonds. The van der Waals surface area contributed by atoms with E-state index in [-0.39, 0.29) is 6.04 Å². The third kappa shape index (κ3) is 3.24. The molecular weight excluding hydrogens is 234 g/mol. The Hall–Kier alpha value is -1.15. The van der Waals surface area contributed by atoms with E-state index in [9.17, 15) is 4.79 Å². The second-order valence-electron chi connectivity index (χ2n) is 5.68. The molecule has 1 aliphatic rings. The van der Waals surface area contributed by atoms with Gasteiger partial charge in [0.2, 0.25) is 0 Å². The minimum absolute atomic E-state index is 0.126. The monoisotopic (exact) mass is 259 g/mol. The minimum Gasteiger partial charge on any atom is -0.298 e. The van der Waals surface area contributed by atoms with Crippen LogP contribution in [0.2, 0.25) is 0 Å². The van der Waals surface area contributed by atoms with Crippen LogP contribution >= 0.6 is 0 Å². The lowest BCUT2D eigenvalue weighted by molar-refractivity contribution is -0.123. The zero-order chi connectivity index (χ0) is 13.8. The van der Waals surface area contributed by atoms with Gasteiger partial charge >= 0.3 is 0 Å². The van der Waals surface area contributed by atoms with Gasteiger partial charge in [-0.15, -0.1) is 0 Å². The van der Waals surface area contributed by atoms with Crippen molar-refractivity contribution in [1.82, 2.24) is 4.90 Å². The van der Waals surface area contributed by atoms with Crippen molar-refractivity contribution in [2.45, 2.75) is 52.5 Å². The van der Waals surface area contributed by atoms with Gasteiger partial charge in [0.05, 0.1) is 6.04 Å². The van der Waals surface area contributed by atoms with Gasteiger partial charge in [-0.2, -0.15) is 0 Å². The standard InChI is InChI=1S/C17H25NO/c1-4-16(18-10-5-6-11-18)17(19)12-15-13(2)8-7-9-14(15)3/h7-9,16H,4-6,10-12H2,1-3H3. The Morgan fingerprint density at radius 1 is 1.21 bits per heavy atom. The first-order valence-corrected chi connectivity index (χ1v) is 7.45. The lowest BCUT2D eigenvalue weighted by atomic mass is 9.94. The normalized spacial score (nSPS) is 17.6. The van der Waals surface area contributed by atoms with Crippen molar-refractivity contribution in [3.05, 3.63) is 34.9 Å². The maximum absolute atomic E-state index is 12.6. The number of carbonyl (C=O) groups excluding carboxylic acids is 1. The van der Waals surface area contributed by atoms with E-state index in [1.54, 1.807) is 0 Å². The summed E-state index contributed by atoms with van der Waals surface area (Å²) < 4.78 is 0. The lowest BCUT2D eigenvalue weighted by Gasteiger charge is -2.25. The van der Waals surface area contributed by atoms with Crippen LogP contribution in [-0.4, -0.2) is 29.8 Å². The third-order valence-electron chi connectivity index (χ3n) is 4.34. The molecule has 104 valence electrons. The zero-order valence-electron chi connectivity index (χ0n) is 12.4. The Morgan fingerprint density at radius 2 is 1.79 bits per heavy atom. The summed E-state index contributed by atoms with van der Waals surface area (Å²) in [6, 6.07) is 6.40. The molecule has 1 atom stereocenters. The summed E-state index contributed by atoms with van der Waals surface area (Å²) in [6.45, 7) is 8.53. The molecule has 0 N–H and O–H groups in total. The molecule has 1 aromatic rings. The lowest BCUT2D eigenvalue weighted by Crippen LogP contribution is -2.39. The summed E-state index contributed by atoms with van der Waals surface area (Å²) in [5.41, 5.74) is 3.71. The maximum atomic E-state index is 12.6. The topological polar surface area (TPSA) is 20.3 Å². The molecule has 19 heavy (non-hydrogen) atoms. The number of carbonyl (C=O) groups is 1. The first-order chi connectivity index (χ1) is 9.13. The first kappa shape index (κ1) is 14.3. The molecule has 2 nitrogen and oxygen atoms in total. The Kier molecular flexibility index (Phi) is 4.76. The molecule has 1 aromatic carbocycles. The predicted octanol–water partition coefficient (Wildman–Crippen LogP) is 3.29. The maximum Gasteiger partial charge on any atom is 0.154 e. The van der Waals surface area contributed by atoms with Crippen LogP contribution in [0, 0.1) is 13.8 Å². The Labute approximate surface area is 116 Å². The zero-order valence-corrected chi connectivity index (χ0v) is 12.4. The molecule has 1 unspecified atom stereocenters. The van der Waals surface area contributed by atoms with E-state index in [1.165, 1.54) is 29.5 Å². The Bertz CT molecular complexity index is 426.